The summed E-state index contributed by atoms with van der Waals surface area (Å²) >= 11 is 0. The Hall–Kier alpha value is -2.62. The van der Waals surface area contributed by atoms with Crippen LogP contribution in [0.4, 0.5) is 15.8 Å². The molecule has 0 spiro atoms. The number of carbonyl (C=O) groups excluding carboxylic acids is 1. The fraction of sp³-hybridized carbons (Fsp3) is 0. The van der Waals surface area contributed by atoms with Crippen molar-refractivity contribution >= 4 is 23.4 Å². The van der Waals surface area contributed by atoms with Crippen LogP contribution in [0.25, 0.3) is 6.08 Å². The lowest BCUT2D eigenvalue weighted by molar-refractivity contribution is -0.111. The summed E-state index contributed by atoms with van der Waals surface area (Å²) in [4.78, 5) is 11.6. The van der Waals surface area contributed by atoms with Crippen LogP contribution in [0.2, 0.25) is 0 Å². The normalized spacial score (nSPS) is 10.6. The molecule has 0 heterocycles. The molecule has 0 unspecified atom stereocenters. The highest BCUT2D eigenvalue weighted by atomic mass is 19.1. The molecule has 0 aliphatic heterocycles. The molecule has 0 aromatic heterocycles. The number of benzene rings is 2. The van der Waals surface area contributed by atoms with Crippen molar-refractivity contribution in [2.45, 2.75) is 0 Å². The maximum absolute atomic E-state index is 13.3. The standard InChI is InChI=1S/C15H13FN2O/c16-13-6-1-2-7-14(13)18-15(19)9-8-11-4-3-5-12(17)10-11/h1-10H,17H2,(H,18,19)/b9-8+. The van der Waals surface area contributed by atoms with Gasteiger partial charge in [0, 0.05) is 11.8 Å². The van der Waals surface area contributed by atoms with Gasteiger partial charge in [-0.25, -0.2) is 4.39 Å². The molecule has 0 aliphatic rings. The summed E-state index contributed by atoms with van der Waals surface area (Å²) in [7, 11) is 0. The molecule has 19 heavy (non-hydrogen) atoms. The average molecular weight is 256 g/mol. The van der Waals surface area contributed by atoms with Crippen LogP contribution in [0, 0.1) is 5.82 Å². The molecule has 0 fully saturated rings. The number of para-hydroxylation sites is 1. The Morgan fingerprint density at radius 2 is 1.95 bits per heavy atom. The van der Waals surface area contributed by atoms with Gasteiger partial charge in [0.1, 0.15) is 5.82 Å². The Labute approximate surface area is 110 Å². The summed E-state index contributed by atoms with van der Waals surface area (Å²) in [5.41, 5.74) is 7.21. The van der Waals surface area contributed by atoms with Crippen molar-refractivity contribution in [3.8, 4) is 0 Å². The van der Waals surface area contributed by atoms with Crippen LogP contribution in [0.3, 0.4) is 0 Å². The van der Waals surface area contributed by atoms with Crippen LogP contribution in [0.15, 0.2) is 54.6 Å². The molecule has 2 aromatic carbocycles. The van der Waals surface area contributed by atoms with Gasteiger partial charge in [-0.15, -0.1) is 0 Å². The van der Waals surface area contributed by atoms with Gasteiger partial charge in [-0.1, -0.05) is 24.3 Å². The van der Waals surface area contributed by atoms with Crippen molar-refractivity contribution in [1.29, 1.82) is 0 Å². The molecule has 1 amide bonds. The van der Waals surface area contributed by atoms with Crippen molar-refractivity contribution in [2.75, 3.05) is 11.1 Å². The molecule has 0 atom stereocenters. The first-order valence-corrected chi connectivity index (χ1v) is 5.74. The minimum absolute atomic E-state index is 0.157. The van der Waals surface area contributed by atoms with E-state index in [0.717, 1.165) is 5.56 Å². The van der Waals surface area contributed by atoms with Crippen molar-refractivity contribution in [3.63, 3.8) is 0 Å². The SMILES string of the molecule is Nc1cccc(/C=C/C(=O)Nc2ccccc2F)c1. The molecule has 0 saturated carbocycles. The van der Waals surface area contributed by atoms with E-state index in [-0.39, 0.29) is 5.69 Å². The molecular formula is C15H13FN2O. The first kappa shape index (κ1) is 12.8. The predicted octanol–water partition coefficient (Wildman–Crippen LogP) is 3.06. The van der Waals surface area contributed by atoms with Crippen LogP contribution in [0.1, 0.15) is 5.56 Å². The van der Waals surface area contributed by atoms with E-state index >= 15 is 0 Å². The van der Waals surface area contributed by atoms with Gasteiger partial charge in [0.25, 0.3) is 0 Å². The molecule has 96 valence electrons. The maximum atomic E-state index is 13.3. The van der Waals surface area contributed by atoms with E-state index in [4.69, 9.17) is 5.73 Å². The second-order valence-corrected chi connectivity index (χ2v) is 3.97. The van der Waals surface area contributed by atoms with Crippen molar-refractivity contribution in [2.24, 2.45) is 0 Å². The zero-order valence-corrected chi connectivity index (χ0v) is 10.1. The number of rotatable bonds is 3. The molecular weight excluding hydrogens is 243 g/mol. The lowest BCUT2D eigenvalue weighted by Crippen LogP contribution is -2.08. The summed E-state index contributed by atoms with van der Waals surface area (Å²) in [6, 6.07) is 13.1. The highest BCUT2D eigenvalue weighted by Gasteiger charge is 2.02. The largest absolute Gasteiger partial charge is 0.399 e. The number of amides is 1. The molecule has 0 radical (unpaired) electrons. The average Bonchev–Trinajstić information content (AvgIpc) is 2.39. The summed E-state index contributed by atoms with van der Waals surface area (Å²) < 4.78 is 13.3. The number of nitrogens with one attached hydrogen (secondary N) is 1. The first-order valence-electron chi connectivity index (χ1n) is 5.74. The van der Waals surface area contributed by atoms with Crippen LogP contribution in [-0.4, -0.2) is 5.91 Å². The molecule has 3 N–H and O–H groups in total. The highest BCUT2D eigenvalue weighted by Crippen LogP contribution is 2.13. The van der Waals surface area contributed by atoms with E-state index in [1.54, 1.807) is 36.4 Å². The molecule has 0 saturated heterocycles. The van der Waals surface area contributed by atoms with E-state index in [2.05, 4.69) is 5.32 Å². The number of nitrogen functional groups attached to an aromatic ring is 1. The Kier molecular flexibility index (Phi) is 3.93. The van der Waals surface area contributed by atoms with Gasteiger partial charge in [0.15, 0.2) is 0 Å². The third-order valence-corrected chi connectivity index (χ3v) is 2.47. The molecule has 0 bridgehead atoms. The number of nitrogens with two attached hydrogens (primary N) is 1. The zero-order chi connectivity index (χ0) is 13.7. The van der Waals surface area contributed by atoms with Crippen molar-refractivity contribution in [3.05, 3.63) is 66.0 Å². The van der Waals surface area contributed by atoms with Crippen molar-refractivity contribution in [1.82, 2.24) is 0 Å². The van der Waals surface area contributed by atoms with E-state index in [0.29, 0.717) is 5.69 Å². The molecule has 0 aliphatic carbocycles. The van der Waals surface area contributed by atoms with E-state index < -0.39 is 11.7 Å². The monoisotopic (exact) mass is 256 g/mol. The van der Waals surface area contributed by atoms with Gasteiger partial charge in [0.05, 0.1) is 5.69 Å². The van der Waals surface area contributed by atoms with Gasteiger partial charge in [-0.05, 0) is 35.9 Å². The lowest BCUT2D eigenvalue weighted by Gasteiger charge is -2.02. The van der Waals surface area contributed by atoms with E-state index in [9.17, 15) is 9.18 Å². The third-order valence-electron chi connectivity index (χ3n) is 2.47. The first-order chi connectivity index (χ1) is 9.15. The summed E-state index contributed by atoms with van der Waals surface area (Å²) in [5, 5.41) is 2.46. The topological polar surface area (TPSA) is 55.1 Å². The number of hydrogen-bond donors (Lipinski definition) is 2. The van der Waals surface area contributed by atoms with Gasteiger partial charge >= 0.3 is 0 Å². The van der Waals surface area contributed by atoms with Crippen LogP contribution >= 0.6 is 0 Å². The number of carbonyl (C=O) groups is 1. The molecule has 2 aromatic rings. The number of hydrogen-bond acceptors (Lipinski definition) is 2. The second kappa shape index (κ2) is 5.82. The molecule has 2 rings (SSSR count). The summed E-state index contributed by atoms with van der Waals surface area (Å²) in [5.74, 6) is -0.860. The van der Waals surface area contributed by atoms with Crippen LogP contribution in [-0.2, 0) is 4.79 Å². The van der Waals surface area contributed by atoms with E-state index in [1.807, 2.05) is 6.07 Å². The number of anilines is 2. The van der Waals surface area contributed by atoms with Crippen LogP contribution < -0.4 is 11.1 Å². The quantitative estimate of drug-likeness (QED) is 0.655. The summed E-state index contributed by atoms with van der Waals surface area (Å²) in [6.07, 6.45) is 2.95. The predicted molar refractivity (Wildman–Crippen MR) is 74.9 cm³/mol. The Bertz CT molecular complexity index is 623. The number of halogens is 1. The molecule has 4 heteroatoms. The Morgan fingerprint density at radius 3 is 2.68 bits per heavy atom. The maximum Gasteiger partial charge on any atom is 0.248 e. The minimum Gasteiger partial charge on any atom is -0.399 e. The Morgan fingerprint density at radius 1 is 1.16 bits per heavy atom. The fourth-order valence-corrected chi connectivity index (χ4v) is 1.57. The zero-order valence-electron chi connectivity index (χ0n) is 10.1. The third kappa shape index (κ3) is 3.67. The van der Waals surface area contributed by atoms with Gasteiger partial charge in [-0.2, -0.15) is 0 Å². The second-order valence-electron chi connectivity index (χ2n) is 3.97. The smallest absolute Gasteiger partial charge is 0.248 e. The summed E-state index contributed by atoms with van der Waals surface area (Å²) in [6.45, 7) is 0. The van der Waals surface area contributed by atoms with Gasteiger partial charge in [-0.3, -0.25) is 4.79 Å². The minimum atomic E-state index is -0.465. The highest BCUT2D eigenvalue weighted by molar-refractivity contribution is 6.02. The molecule has 3 nitrogen and oxygen atoms in total. The fourth-order valence-electron chi connectivity index (χ4n) is 1.57. The van der Waals surface area contributed by atoms with Crippen LogP contribution in [0.5, 0.6) is 0 Å². The van der Waals surface area contributed by atoms with Gasteiger partial charge in [0.2, 0.25) is 5.91 Å². The van der Waals surface area contributed by atoms with E-state index in [1.165, 1.54) is 18.2 Å². The lowest BCUT2D eigenvalue weighted by atomic mass is 10.2. The van der Waals surface area contributed by atoms with Gasteiger partial charge < -0.3 is 11.1 Å². The Balaban J connectivity index is 2.04. The van der Waals surface area contributed by atoms with Crippen molar-refractivity contribution < 1.29 is 9.18 Å².